The number of anilines is 2. The summed E-state index contributed by atoms with van der Waals surface area (Å²) in [6.45, 7) is 3.92. The van der Waals surface area contributed by atoms with Gasteiger partial charge >= 0.3 is 0 Å². The van der Waals surface area contributed by atoms with E-state index >= 15 is 0 Å². The van der Waals surface area contributed by atoms with Crippen LogP contribution >= 0.6 is 0 Å². The minimum Gasteiger partial charge on any atom is -0.478 e. The van der Waals surface area contributed by atoms with Crippen LogP contribution in [-0.2, 0) is 20.1 Å². The van der Waals surface area contributed by atoms with Crippen LogP contribution in [0.1, 0.15) is 18.2 Å². The number of rotatable bonds is 3. The maximum absolute atomic E-state index is 5.89. The highest BCUT2D eigenvalue weighted by atomic mass is 16.5. The van der Waals surface area contributed by atoms with Crippen molar-refractivity contribution in [2.45, 2.75) is 20.0 Å². The Morgan fingerprint density at radius 3 is 3.00 bits per heavy atom. The lowest BCUT2D eigenvalue weighted by molar-refractivity contribution is 0.326. The van der Waals surface area contributed by atoms with Crippen LogP contribution in [0, 0.1) is 0 Å². The van der Waals surface area contributed by atoms with Gasteiger partial charge in [0.1, 0.15) is 0 Å². The summed E-state index contributed by atoms with van der Waals surface area (Å²) in [5, 5.41) is 4.21. The second kappa shape index (κ2) is 4.42. The first-order valence-electron chi connectivity index (χ1n) is 6.20. The van der Waals surface area contributed by atoms with Gasteiger partial charge < -0.3 is 15.4 Å². The Kier molecular flexibility index (Phi) is 2.73. The smallest absolute Gasteiger partial charge is 0.229 e. The van der Waals surface area contributed by atoms with Crippen LogP contribution in [0.2, 0.25) is 0 Å². The van der Waals surface area contributed by atoms with Crippen molar-refractivity contribution >= 4 is 11.8 Å². The van der Waals surface area contributed by atoms with E-state index in [-0.39, 0.29) is 0 Å². The summed E-state index contributed by atoms with van der Waals surface area (Å²) in [5.41, 5.74) is 8.06. The minimum absolute atomic E-state index is 0.584. The minimum atomic E-state index is 0.584. The Morgan fingerprint density at radius 2 is 2.26 bits per heavy atom. The van der Waals surface area contributed by atoms with E-state index in [2.05, 4.69) is 20.0 Å². The molecule has 0 bridgehead atoms. The van der Waals surface area contributed by atoms with Crippen molar-refractivity contribution in [3.8, 4) is 5.88 Å². The fourth-order valence-electron chi connectivity index (χ4n) is 2.28. The quantitative estimate of drug-likeness (QED) is 0.875. The SMILES string of the molecule is CCOc1ccnc(N2Cc3c(N)nn(C)c3C2)n1. The fourth-order valence-corrected chi connectivity index (χ4v) is 2.28. The van der Waals surface area contributed by atoms with Gasteiger partial charge in [-0.15, -0.1) is 0 Å². The Labute approximate surface area is 111 Å². The van der Waals surface area contributed by atoms with Gasteiger partial charge in [0.05, 0.1) is 25.4 Å². The van der Waals surface area contributed by atoms with E-state index in [1.165, 1.54) is 0 Å². The molecule has 0 spiro atoms. The van der Waals surface area contributed by atoms with E-state index < -0.39 is 0 Å². The molecule has 2 N–H and O–H groups in total. The zero-order chi connectivity index (χ0) is 13.4. The van der Waals surface area contributed by atoms with Crippen LogP contribution in [-0.4, -0.2) is 26.4 Å². The second-order valence-corrected chi connectivity index (χ2v) is 4.42. The Morgan fingerprint density at radius 1 is 1.42 bits per heavy atom. The molecule has 0 radical (unpaired) electrons. The molecule has 7 heteroatoms. The molecule has 2 aromatic rings. The van der Waals surface area contributed by atoms with Crippen molar-refractivity contribution in [1.29, 1.82) is 0 Å². The standard InChI is InChI=1S/C12H16N6O/c1-3-19-10-4-5-14-12(15-10)18-6-8-9(7-18)17(2)16-11(8)13/h4-5H,3,6-7H2,1-2H3,(H2,13,16). The zero-order valence-corrected chi connectivity index (χ0v) is 11.0. The monoisotopic (exact) mass is 260 g/mol. The van der Waals surface area contributed by atoms with Crippen molar-refractivity contribution < 1.29 is 4.74 Å². The normalized spacial score (nSPS) is 13.7. The summed E-state index contributed by atoms with van der Waals surface area (Å²) in [6.07, 6.45) is 1.71. The molecule has 0 amide bonds. The van der Waals surface area contributed by atoms with Crippen LogP contribution in [0.25, 0.3) is 0 Å². The topological polar surface area (TPSA) is 82.1 Å². The van der Waals surface area contributed by atoms with Gasteiger partial charge in [0.15, 0.2) is 5.82 Å². The zero-order valence-electron chi connectivity index (χ0n) is 11.0. The highest BCUT2D eigenvalue weighted by molar-refractivity contribution is 5.51. The number of hydrogen-bond donors (Lipinski definition) is 1. The molecule has 7 nitrogen and oxygen atoms in total. The molecule has 3 rings (SSSR count). The molecule has 0 atom stereocenters. The molecule has 1 aliphatic rings. The van der Waals surface area contributed by atoms with Crippen molar-refractivity contribution in [3.63, 3.8) is 0 Å². The van der Waals surface area contributed by atoms with Gasteiger partial charge in [0.25, 0.3) is 0 Å². The molecule has 0 aromatic carbocycles. The number of ether oxygens (including phenoxy) is 1. The van der Waals surface area contributed by atoms with E-state index in [0.29, 0.717) is 37.3 Å². The second-order valence-electron chi connectivity index (χ2n) is 4.42. The molecule has 1 aliphatic heterocycles. The summed E-state index contributed by atoms with van der Waals surface area (Å²) < 4.78 is 7.21. The van der Waals surface area contributed by atoms with Crippen molar-refractivity contribution in [3.05, 3.63) is 23.5 Å². The number of nitrogens with zero attached hydrogens (tertiary/aromatic N) is 5. The van der Waals surface area contributed by atoms with Gasteiger partial charge in [-0.05, 0) is 6.92 Å². The van der Waals surface area contributed by atoms with Crippen LogP contribution in [0.3, 0.4) is 0 Å². The predicted octanol–water partition coefficient (Wildman–Crippen LogP) is 0.711. The van der Waals surface area contributed by atoms with E-state index in [1.54, 1.807) is 12.3 Å². The number of aryl methyl sites for hydroxylation is 1. The Hall–Kier alpha value is -2.31. The average molecular weight is 260 g/mol. The third-order valence-electron chi connectivity index (χ3n) is 3.19. The molecule has 2 aromatic heterocycles. The third kappa shape index (κ3) is 1.96. The van der Waals surface area contributed by atoms with E-state index in [4.69, 9.17) is 10.5 Å². The maximum Gasteiger partial charge on any atom is 0.229 e. The first-order valence-corrected chi connectivity index (χ1v) is 6.20. The lowest BCUT2D eigenvalue weighted by atomic mass is 10.3. The lowest BCUT2D eigenvalue weighted by Crippen LogP contribution is -2.19. The van der Waals surface area contributed by atoms with Crippen LogP contribution < -0.4 is 15.4 Å². The van der Waals surface area contributed by atoms with Crippen molar-refractivity contribution in [2.75, 3.05) is 17.2 Å². The fraction of sp³-hybridized carbons (Fsp3) is 0.417. The van der Waals surface area contributed by atoms with Crippen LogP contribution in [0.4, 0.5) is 11.8 Å². The van der Waals surface area contributed by atoms with Crippen molar-refractivity contribution in [2.24, 2.45) is 7.05 Å². The maximum atomic E-state index is 5.89. The molecular formula is C12H16N6O. The van der Waals surface area contributed by atoms with Gasteiger partial charge in [-0.1, -0.05) is 0 Å². The van der Waals surface area contributed by atoms with Crippen LogP contribution in [0.15, 0.2) is 12.3 Å². The summed E-state index contributed by atoms with van der Waals surface area (Å²) in [5.74, 6) is 1.83. The molecule has 0 aliphatic carbocycles. The van der Waals surface area contributed by atoms with Gasteiger partial charge in [-0.3, -0.25) is 4.68 Å². The molecule has 0 fully saturated rings. The number of hydrogen-bond acceptors (Lipinski definition) is 6. The molecular weight excluding hydrogens is 244 g/mol. The first-order chi connectivity index (χ1) is 9.19. The van der Waals surface area contributed by atoms with Gasteiger partial charge in [-0.2, -0.15) is 10.1 Å². The third-order valence-corrected chi connectivity index (χ3v) is 3.19. The Balaban J connectivity index is 1.86. The number of fused-ring (bicyclic) bond motifs is 1. The molecule has 0 saturated heterocycles. The highest BCUT2D eigenvalue weighted by Gasteiger charge is 2.27. The van der Waals surface area contributed by atoms with Gasteiger partial charge in [-0.25, -0.2) is 4.98 Å². The highest BCUT2D eigenvalue weighted by Crippen LogP contribution is 2.29. The number of nitrogen functional groups attached to an aromatic ring is 1. The first kappa shape index (κ1) is 11.8. The Bertz CT molecular complexity index is 582. The molecule has 100 valence electrons. The van der Waals surface area contributed by atoms with E-state index in [9.17, 15) is 0 Å². The molecule has 0 unspecified atom stereocenters. The molecule has 3 heterocycles. The summed E-state index contributed by atoms with van der Waals surface area (Å²) in [7, 11) is 1.90. The summed E-state index contributed by atoms with van der Waals surface area (Å²) in [4.78, 5) is 10.7. The lowest BCUT2D eigenvalue weighted by Gasteiger charge is -2.16. The van der Waals surface area contributed by atoms with Gasteiger partial charge in [0, 0.05) is 24.9 Å². The number of nitrogens with two attached hydrogens (primary N) is 1. The number of aromatic nitrogens is 4. The summed E-state index contributed by atoms with van der Waals surface area (Å²) >= 11 is 0. The summed E-state index contributed by atoms with van der Waals surface area (Å²) in [6, 6.07) is 1.76. The molecule has 0 saturated carbocycles. The van der Waals surface area contributed by atoms with E-state index in [1.807, 2.05) is 18.7 Å². The predicted molar refractivity (Wildman–Crippen MR) is 70.7 cm³/mol. The van der Waals surface area contributed by atoms with Gasteiger partial charge in [0.2, 0.25) is 11.8 Å². The van der Waals surface area contributed by atoms with Crippen LogP contribution in [0.5, 0.6) is 5.88 Å². The van der Waals surface area contributed by atoms with Crippen molar-refractivity contribution in [1.82, 2.24) is 19.7 Å². The van der Waals surface area contributed by atoms with E-state index in [0.717, 1.165) is 11.3 Å². The largest absolute Gasteiger partial charge is 0.478 e. The average Bonchev–Trinajstić information content (AvgIpc) is 2.93. The molecule has 19 heavy (non-hydrogen) atoms.